The summed E-state index contributed by atoms with van der Waals surface area (Å²) in [6.45, 7) is 9.06. The highest BCUT2D eigenvalue weighted by Gasteiger charge is 2.25. The first-order valence-electron chi connectivity index (χ1n) is 18.6. The Morgan fingerprint density at radius 2 is 1.44 bits per heavy atom. The lowest BCUT2D eigenvalue weighted by atomic mass is 9.97. The van der Waals surface area contributed by atoms with E-state index in [2.05, 4.69) is 15.3 Å². The number of amides is 1. The van der Waals surface area contributed by atoms with Gasteiger partial charge in [0.2, 0.25) is 0 Å². The molecule has 57 heavy (non-hydrogen) atoms. The van der Waals surface area contributed by atoms with Crippen LogP contribution in [0, 0.1) is 0 Å². The van der Waals surface area contributed by atoms with E-state index in [-0.39, 0.29) is 31.8 Å². The molecule has 2 aromatic carbocycles. The number of ether oxygens (including phenoxy) is 4. The van der Waals surface area contributed by atoms with Crippen molar-refractivity contribution in [3.8, 4) is 0 Å². The fraction of sp³-hybridized carbons (Fsp3) is 0.295. The van der Waals surface area contributed by atoms with Crippen molar-refractivity contribution >= 4 is 35.1 Å². The van der Waals surface area contributed by atoms with Gasteiger partial charge in [-0.3, -0.25) is 10.1 Å². The minimum atomic E-state index is -1.06. The molecule has 1 atom stereocenters. The molecule has 6 rings (SSSR count). The van der Waals surface area contributed by atoms with E-state index in [9.17, 15) is 19.5 Å². The first kappa shape index (κ1) is 40.4. The monoisotopic (exact) mass is 773 g/mol. The van der Waals surface area contributed by atoms with Crippen molar-refractivity contribution < 1.29 is 38.4 Å². The number of alkyl carbamates (subject to hydrolysis) is 1. The Labute approximate surface area is 330 Å². The Kier molecular flexibility index (Phi) is 12.5. The molecule has 13 nitrogen and oxygen atoms in total. The molecule has 0 spiro atoms. The van der Waals surface area contributed by atoms with Gasteiger partial charge in [0.05, 0.1) is 34.9 Å². The molecule has 1 amide bonds. The molecule has 0 saturated carbocycles. The third-order valence-electron chi connectivity index (χ3n) is 8.67. The van der Waals surface area contributed by atoms with Crippen molar-refractivity contribution in [3.63, 3.8) is 0 Å². The fourth-order valence-corrected chi connectivity index (χ4v) is 6.25. The number of nitrogens with zero attached hydrogens (tertiary/aromatic N) is 4. The smallest absolute Gasteiger partial charge is 0.412 e. The van der Waals surface area contributed by atoms with Gasteiger partial charge in [0.15, 0.2) is 6.29 Å². The van der Waals surface area contributed by atoms with Crippen LogP contribution in [0.15, 0.2) is 115 Å². The maximum Gasteiger partial charge on any atom is 0.412 e. The van der Waals surface area contributed by atoms with Gasteiger partial charge in [-0.25, -0.2) is 19.6 Å². The number of aromatic nitrogens is 4. The predicted molar refractivity (Wildman–Crippen MR) is 212 cm³/mol. The molecular formula is C44H47N5O8. The topological polar surface area (TPSA) is 155 Å². The summed E-state index contributed by atoms with van der Waals surface area (Å²) in [6, 6.07) is 27.8. The molecule has 0 fully saturated rings. The highest BCUT2D eigenvalue weighted by molar-refractivity contribution is 5.97. The van der Waals surface area contributed by atoms with Crippen LogP contribution in [0.1, 0.15) is 68.7 Å². The lowest BCUT2D eigenvalue weighted by Gasteiger charge is -2.28. The van der Waals surface area contributed by atoms with Crippen LogP contribution in [0.4, 0.5) is 4.79 Å². The lowest BCUT2D eigenvalue weighted by Crippen LogP contribution is -2.34. The summed E-state index contributed by atoms with van der Waals surface area (Å²) in [5.74, 6) is -0.173. The Morgan fingerprint density at radius 1 is 0.789 bits per heavy atom. The average molecular weight is 774 g/mol. The minimum absolute atomic E-state index is 0.0314. The SMILES string of the molecule is CC(C)(C)OC(=O)Cc1nc(/C=C(\NC(=O)OCc2ccc(CC(C)(C)OC(O)Cc3ncc4ccccn34)cc2)C(=O)OCc2ccccc2)c2ccccn12. The Hall–Kier alpha value is -6.31. The van der Waals surface area contributed by atoms with Gasteiger partial charge in [-0.15, -0.1) is 0 Å². The van der Waals surface area contributed by atoms with E-state index in [1.54, 1.807) is 55.8 Å². The molecule has 4 heterocycles. The first-order valence-corrected chi connectivity index (χ1v) is 18.6. The molecule has 0 radical (unpaired) electrons. The van der Waals surface area contributed by atoms with Crippen LogP contribution in [-0.4, -0.2) is 59.4 Å². The van der Waals surface area contributed by atoms with Gasteiger partial charge in [0.1, 0.15) is 42.6 Å². The van der Waals surface area contributed by atoms with Crippen molar-refractivity contribution in [3.05, 3.63) is 149 Å². The number of nitrogens with one attached hydrogen (secondary N) is 1. The predicted octanol–water partition coefficient (Wildman–Crippen LogP) is 6.78. The summed E-state index contributed by atoms with van der Waals surface area (Å²) >= 11 is 0. The lowest BCUT2D eigenvalue weighted by molar-refractivity contribution is -0.171. The van der Waals surface area contributed by atoms with Crippen LogP contribution in [0.3, 0.4) is 0 Å². The van der Waals surface area contributed by atoms with Crippen LogP contribution in [0.5, 0.6) is 0 Å². The van der Waals surface area contributed by atoms with Crippen LogP contribution in [0.25, 0.3) is 17.1 Å². The zero-order valence-corrected chi connectivity index (χ0v) is 32.7. The quantitative estimate of drug-likeness (QED) is 0.0494. The summed E-state index contributed by atoms with van der Waals surface area (Å²) in [4.78, 5) is 48.4. The molecule has 6 aromatic rings. The highest BCUT2D eigenvalue weighted by Crippen LogP contribution is 2.22. The average Bonchev–Trinajstić information content (AvgIpc) is 3.73. The van der Waals surface area contributed by atoms with Crippen molar-refractivity contribution in [1.82, 2.24) is 24.1 Å². The van der Waals surface area contributed by atoms with E-state index >= 15 is 0 Å². The van der Waals surface area contributed by atoms with Crippen molar-refractivity contribution in [2.75, 3.05) is 0 Å². The fourth-order valence-electron chi connectivity index (χ4n) is 6.25. The molecule has 0 saturated heterocycles. The maximum absolute atomic E-state index is 13.5. The molecular weight excluding hydrogens is 727 g/mol. The van der Waals surface area contributed by atoms with E-state index in [1.165, 1.54) is 6.08 Å². The number of imidazole rings is 2. The summed E-state index contributed by atoms with van der Waals surface area (Å²) in [6.07, 6.45) is 5.49. The Bertz CT molecular complexity index is 2360. The zero-order valence-electron chi connectivity index (χ0n) is 32.7. The minimum Gasteiger partial charge on any atom is -0.460 e. The summed E-state index contributed by atoms with van der Waals surface area (Å²) in [5, 5.41) is 13.3. The van der Waals surface area contributed by atoms with E-state index in [4.69, 9.17) is 18.9 Å². The van der Waals surface area contributed by atoms with Gasteiger partial charge < -0.3 is 32.9 Å². The number of fused-ring (bicyclic) bond motifs is 2. The molecule has 4 aromatic heterocycles. The van der Waals surface area contributed by atoms with Crippen LogP contribution in [0.2, 0.25) is 0 Å². The third kappa shape index (κ3) is 11.4. The van der Waals surface area contributed by atoms with E-state index in [0.717, 1.165) is 16.6 Å². The van der Waals surface area contributed by atoms with Gasteiger partial charge in [-0.1, -0.05) is 66.7 Å². The van der Waals surface area contributed by atoms with Crippen LogP contribution >= 0.6 is 0 Å². The molecule has 0 bridgehead atoms. The number of benzene rings is 2. The Balaban J connectivity index is 1.10. The standard InChI is InChI=1S/C44H47N5O8/c1-43(2,3)56-39(50)25-38-46-34(36-16-10-12-22-49(36)38)23-35(41(52)54-28-31-13-7-6-8-14-31)47-42(53)55-29-32-19-17-30(18-20-32)26-44(4,5)57-40(51)24-37-45-27-33-15-9-11-21-48(33)37/h6-23,27,40,51H,24-26,28-29H2,1-5H3,(H,47,53)/b35-23-. The number of pyridine rings is 2. The van der Waals surface area contributed by atoms with Gasteiger partial charge >= 0.3 is 18.0 Å². The molecule has 0 aliphatic rings. The molecule has 0 aliphatic carbocycles. The van der Waals surface area contributed by atoms with E-state index < -0.39 is 35.5 Å². The van der Waals surface area contributed by atoms with Crippen molar-refractivity contribution in [1.29, 1.82) is 0 Å². The van der Waals surface area contributed by atoms with Crippen molar-refractivity contribution in [2.24, 2.45) is 0 Å². The molecule has 1 unspecified atom stereocenters. The molecule has 296 valence electrons. The molecule has 0 aliphatic heterocycles. The molecule has 2 N–H and O–H groups in total. The number of carbonyl (C=O) groups excluding carboxylic acids is 3. The normalized spacial score (nSPS) is 12.7. The van der Waals surface area contributed by atoms with E-state index in [0.29, 0.717) is 34.8 Å². The molecule has 13 heteroatoms. The van der Waals surface area contributed by atoms with Gasteiger partial charge in [-0.05, 0) is 81.7 Å². The van der Waals surface area contributed by atoms with Crippen molar-refractivity contribution in [2.45, 2.75) is 84.6 Å². The first-order chi connectivity index (χ1) is 27.2. The highest BCUT2D eigenvalue weighted by atomic mass is 16.6. The maximum atomic E-state index is 13.5. The van der Waals surface area contributed by atoms with Gasteiger partial charge in [-0.2, -0.15) is 0 Å². The number of carbonyl (C=O) groups is 3. The second-order valence-corrected chi connectivity index (χ2v) is 15.2. The summed E-state index contributed by atoms with van der Waals surface area (Å²) < 4.78 is 26.3. The summed E-state index contributed by atoms with van der Waals surface area (Å²) in [5.41, 5.74) is 2.71. The van der Waals surface area contributed by atoms with Gasteiger partial charge in [0.25, 0.3) is 0 Å². The Morgan fingerprint density at radius 3 is 2.18 bits per heavy atom. The number of rotatable bonds is 15. The second kappa shape index (κ2) is 17.7. The summed E-state index contributed by atoms with van der Waals surface area (Å²) in [7, 11) is 0. The van der Waals surface area contributed by atoms with Crippen LogP contribution < -0.4 is 5.32 Å². The number of hydrogen-bond donors (Lipinski definition) is 2. The second-order valence-electron chi connectivity index (χ2n) is 15.2. The van der Waals surface area contributed by atoms with Crippen LogP contribution in [-0.2, 0) is 61.0 Å². The largest absolute Gasteiger partial charge is 0.460 e. The number of aliphatic hydroxyl groups is 1. The number of aliphatic hydroxyl groups excluding tert-OH is 1. The van der Waals surface area contributed by atoms with E-state index in [1.807, 2.05) is 97.2 Å². The van der Waals surface area contributed by atoms with Gasteiger partial charge in [0, 0.05) is 18.8 Å². The zero-order chi connectivity index (χ0) is 40.6. The number of hydrogen-bond acceptors (Lipinski definition) is 10. The third-order valence-corrected chi connectivity index (χ3v) is 8.67. The number of esters is 2.